The molecule has 0 saturated carbocycles. The molecule has 4 heteroatoms. The van der Waals surface area contributed by atoms with Crippen LogP contribution in [0.2, 0.25) is 0 Å². The standard InChI is InChI=1S/C17H17BrN2O/c1-2-9-19-16(17-14(18)8-11-21-17)15-13-6-4-3-5-12(13)7-10-20-15/h3-8,10-11,16,19H,2,9H2,1H3. The van der Waals surface area contributed by atoms with Crippen molar-refractivity contribution in [1.82, 2.24) is 10.3 Å². The van der Waals surface area contributed by atoms with Crippen molar-refractivity contribution in [2.45, 2.75) is 19.4 Å². The second-order valence-electron chi connectivity index (χ2n) is 4.94. The van der Waals surface area contributed by atoms with E-state index in [1.807, 2.05) is 30.5 Å². The molecule has 0 spiro atoms. The van der Waals surface area contributed by atoms with E-state index in [1.54, 1.807) is 6.26 Å². The summed E-state index contributed by atoms with van der Waals surface area (Å²) in [5.74, 6) is 0.868. The van der Waals surface area contributed by atoms with Gasteiger partial charge < -0.3 is 9.73 Å². The molecule has 1 atom stereocenters. The van der Waals surface area contributed by atoms with Crippen molar-refractivity contribution in [2.24, 2.45) is 0 Å². The van der Waals surface area contributed by atoms with Gasteiger partial charge in [0.1, 0.15) is 11.8 Å². The smallest absolute Gasteiger partial charge is 0.140 e. The highest BCUT2D eigenvalue weighted by atomic mass is 79.9. The lowest BCUT2D eigenvalue weighted by molar-refractivity contribution is 0.441. The maximum Gasteiger partial charge on any atom is 0.140 e. The van der Waals surface area contributed by atoms with Gasteiger partial charge in [0.05, 0.1) is 16.4 Å². The van der Waals surface area contributed by atoms with Crippen LogP contribution in [0.4, 0.5) is 0 Å². The van der Waals surface area contributed by atoms with Gasteiger partial charge >= 0.3 is 0 Å². The third-order valence-corrected chi connectivity index (χ3v) is 4.14. The fourth-order valence-corrected chi connectivity index (χ4v) is 2.92. The van der Waals surface area contributed by atoms with Crippen molar-refractivity contribution in [2.75, 3.05) is 6.54 Å². The predicted octanol–water partition coefficient (Wildman–Crippen LogP) is 4.68. The molecular formula is C17H17BrN2O. The molecule has 108 valence electrons. The fraction of sp³-hybridized carbons (Fsp3) is 0.235. The molecule has 1 aromatic carbocycles. The number of halogens is 1. The number of rotatable bonds is 5. The van der Waals surface area contributed by atoms with E-state index in [1.165, 1.54) is 5.39 Å². The summed E-state index contributed by atoms with van der Waals surface area (Å²) in [7, 11) is 0. The van der Waals surface area contributed by atoms with Crippen molar-refractivity contribution in [3.05, 3.63) is 64.8 Å². The van der Waals surface area contributed by atoms with Crippen LogP contribution >= 0.6 is 15.9 Å². The Bertz CT molecular complexity index is 733. The van der Waals surface area contributed by atoms with Crippen molar-refractivity contribution >= 4 is 26.7 Å². The Balaban J connectivity index is 2.12. The van der Waals surface area contributed by atoms with E-state index >= 15 is 0 Å². The molecule has 0 bridgehead atoms. The van der Waals surface area contributed by atoms with Gasteiger partial charge in [-0.3, -0.25) is 4.98 Å². The van der Waals surface area contributed by atoms with Gasteiger partial charge in [0.2, 0.25) is 0 Å². The molecule has 21 heavy (non-hydrogen) atoms. The van der Waals surface area contributed by atoms with E-state index in [9.17, 15) is 0 Å². The van der Waals surface area contributed by atoms with Gasteiger partial charge in [0.25, 0.3) is 0 Å². The average Bonchev–Trinajstić information content (AvgIpc) is 2.94. The minimum Gasteiger partial charge on any atom is -0.466 e. The van der Waals surface area contributed by atoms with Crippen molar-refractivity contribution in [3.8, 4) is 0 Å². The quantitative estimate of drug-likeness (QED) is 0.730. The molecule has 0 aliphatic heterocycles. The molecule has 0 amide bonds. The molecule has 0 radical (unpaired) electrons. The molecule has 3 aromatic rings. The van der Waals surface area contributed by atoms with Gasteiger partial charge in [-0.2, -0.15) is 0 Å². The summed E-state index contributed by atoms with van der Waals surface area (Å²) in [5, 5.41) is 5.87. The van der Waals surface area contributed by atoms with Crippen LogP contribution in [-0.2, 0) is 0 Å². The number of furan rings is 1. The van der Waals surface area contributed by atoms with Crippen LogP contribution in [0, 0.1) is 0 Å². The molecule has 0 aliphatic carbocycles. The topological polar surface area (TPSA) is 38.1 Å². The number of fused-ring (bicyclic) bond motifs is 1. The lowest BCUT2D eigenvalue weighted by Gasteiger charge is -2.18. The summed E-state index contributed by atoms with van der Waals surface area (Å²) in [6, 6.07) is 12.2. The van der Waals surface area contributed by atoms with E-state index in [4.69, 9.17) is 4.42 Å². The minimum absolute atomic E-state index is 0.0552. The minimum atomic E-state index is -0.0552. The first-order valence-electron chi connectivity index (χ1n) is 7.11. The van der Waals surface area contributed by atoms with Gasteiger partial charge in [-0.1, -0.05) is 31.2 Å². The van der Waals surface area contributed by atoms with Crippen LogP contribution in [0.5, 0.6) is 0 Å². The number of nitrogens with zero attached hydrogens (tertiary/aromatic N) is 1. The van der Waals surface area contributed by atoms with E-state index < -0.39 is 0 Å². The number of benzene rings is 1. The van der Waals surface area contributed by atoms with Crippen LogP contribution in [0.3, 0.4) is 0 Å². The Morgan fingerprint density at radius 1 is 1.24 bits per heavy atom. The highest BCUT2D eigenvalue weighted by molar-refractivity contribution is 9.10. The normalized spacial score (nSPS) is 12.7. The summed E-state index contributed by atoms with van der Waals surface area (Å²) < 4.78 is 6.64. The molecular weight excluding hydrogens is 328 g/mol. The molecule has 2 heterocycles. The SMILES string of the molecule is CCCNC(c1occc1Br)c1nccc2ccccc12. The first kappa shape index (κ1) is 14.3. The highest BCUT2D eigenvalue weighted by Crippen LogP contribution is 2.32. The van der Waals surface area contributed by atoms with Crippen molar-refractivity contribution in [1.29, 1.82) is 0 Å². The molecule has 0 fully saturated rings. The van der Waals surface area contributed by atoms with Crippen LogP contribution in [0.25, 0.3) is 10.8 Å². The van der Waals surface area contributed by atoms with E-state index in [0.717, 1.165) is 34.3 Å². The third-order valence-electron chi connectivity index (χ3n) is 3.48. The third kappa shape index (κ3) is 2.87. The van der Waals surface area contributed by atoms with Gasteiger partial charge in [-0.25, -0.2) is 0 Å². The zero-order chi connectivity index (χ0) is 14.7. The molecule has 3 rings (SSSR count). The van der Waals surface area contributed by atoms with Crippen molar-refractivity contribution in [3.63, 3.8) is 0 Å². The van der Waals surface area contributed by atoms with Crippen LogP contribution in [-0.4, -0.2) is 11.5 Å². The number of nitrogens with one attached hydrogen (secondary N) is 1. The van der Waals surface area contributed by atoms with Crippen LogP contribution in [0.1, 0.15) is 30.8 Å². The van der Waals surface area contributed by atoms with Gasteiger partial charge in [-0.05, 0) is 46.4 Å². The highest BCUT2D eigenvalue weighted by Gasteiger charge is 2.22. The second kappa shape index (κ2) is 6.41. The summed E-state index contributed by atoms with van der Waals surface area (Å²) in [6.45, 7) is 3.06. The van der Waals surface area contributed by atoms with Gasteiger partial charge in [0, 0.05) is 11.6 Å². The lowest BCUT2D eigenvalue weighted by atomic mass is 10.0. The lowest BCUT2D eigenvalue weighted by Crippen LogP contribution is -2.24. The Labute approximate surface area is 132 Å². The zero-order valence-electron chi connectivity index (χ0n) is 11.8. The average molecular weight is 345 g/mol. The Hall–Kier alpha value is -1.65. The summed E-state index contributed by atoms with van der Waals surface area (Å²) in [6.07, 6.45) is 4.61. The van der Waals surface area contributed by atoms with Crippen LogP contribution < -0.4 is 5.32 Å². The Kier molecular flexibility index (Phi) is 4.36. The summed E-state index contributed by atoms with van der Waals surface area (Å²) in [4.78, 5) is 4.61. The number of hydrogen-bond donors (Lipinski definition) is 1. The molecule has 0 aliphatic rings. The largest absolute Gasteiger partial charge is 0.466 e. The first-order chi connectivity index (χ1) is 10.3. The fourth-order valence-electron chi connectivity index (χ4n) is 2.49. The van der Waals surface area contributed by atoms with E-state index in [0.29, 0.717) is 0 Å². The maximum atomic E-state index is 5.68. The molecule has 1 unspecified atom stereocenters. The number of hydrogen-bond acceptors (Lipinski definition) is 3. The second-order valence-corrected chi connectivity index (χ2v) is 5.79. The number of aromatic nitrogens is 1. The molecule has 3 nitrogen and oxygen atoms in total. The Morgan fingerprint density at radius 2 is 2.10 bits per heavy atom. The predicted molar refractivity (Wildman–Crippen MR) is 88.3 cm³/mol. The van der Waals surface area contributed by atoms with E-state index in [2.05, 4.69) is 45.3 Å². The van der Waals surface area contributed by atoms with Gasteiger partial charge in [0.15, 0.2) is 0 Å². The summed E-state index contributed by atoms with van der Waals surface area (Å²) in [5.41, 5.74) is 0.997. The molecule has 0 saturated heterocycles. The van der Waals surface area contributed by atoms with Crippen molar-refractivity contribution < 1.29 is 4.42 Å². The Morgan fingerprint density at radius 3 is 2.86 bits per heavy atom. The first-order valence-corrected chi connectivity index (χ1v) is 7.90. The van der Waals surface area contributed by atoms with E-state index in [-0.39, 0.29) is 6.04 Å². The summed E-state index contributed by atoms with van der Waals surface area (Å²) >= 11 is 3.56. The molecule has 2 aromatic heterocycles. The molecule has 1 N–H and O–H groups in total. The monoisotopic (exact) mass is 344 g/mol. The number of pyridine rings is 1. The zero-order valence-corrected chi connectivity index (χ0v) is 13.4. The van der Waals surface area contributed by atoms with Crippen LogP contribution in [0.15, 0.2) is 57.7 Å². The maximum absolute atomic E-state index is 5.68. The van der Waals surface area contributed by atoms with Gasteiger partial charge in [-0.15, -0.1) is 0 Å².